The van der Waals surface area contributed by atoms with E-state index in [4.69, 9.17) is 9.47 Å². The number of rotatable bonds is 12. The Kier molecular flexibility index (Phi) is 14.6. The van der Waals surface area contributed by atoms with Crippen LogP contribution in [0, 0.1) is 62.2 Å². The number of hydrogen-bond acceptors (Lipinski definition) is 12. The number of sulfone groups is 2. The molecule has 6 atom stereocenters. The quantitative estimate of drug-likeness (QED) is 0.129. The lowest BCUT2D eigenvalue weighted by Gasteiger charge is -2.19. The highest BCUT2D eigenvalue weighted by Crippen LogP contribution is 2.46. The van der Waals surface area contributed by atoms with Gasteiger partial charge in [-0.3, -0.25) is 9.59 Å². The molecule has 4 aromatic rings. The van der Waals surface area contributed by atoms with Crippen molar-refractivity contribution in [3.05, 3.63) is 79.2 Å². The minimum Gasteiger partial charge on any atom is -0.381 e. The van der Waals surface area contributed by atoms with Crippen LogP contribution in [-0.2, 0) is 51.1 Å². The van der Waals surface area contributed by atoms with Crippen LogP contribution in [0.5, 0.6) is 0 Å². The van der Waals surface area contributed by atoms with Gasteiger partial charge in [0.05, 0.1) is 67.6 Å². The molecule has 4 aliphatic rings. The topological polar surface area (TPSA) is 193 Å². The number of aryl methyl sites for hydroxylation is 4. The smallest absolute Gasteiger partial charge is 0.381 e. The van der Waals surface area contributed by atoms with Crippen molar-refractivity contribution in [2.45, 2.75) is 135 Å². The fourth-order valence-corrected chi connectivity index (χ4v) is 15.3. The summed E-state index contributed by atoms with van der Waals surface area (Å²) < 4.78 is 149. The maximum absolute atomic E-state index is 14.1. The Balaban J connectivity index is 0.000000206. The average Bonchev–Trinajstić information content (AvgIpc) is 3.98. The van der Waals surface area contributed by atoms with Crippen LogP contribution in [0.3, 0.4) is 0 Å². The van der Waals surface area contributed by atoms with Gasteiger partial charge in [-0.25, -0.2) is 16.8 Å². The van der Waals surface area contributed by atoms with Crippen LogP contribution >= 0.6 is 22.7 Å². The van der Waals surface area contributed by atoms with E-state index in [1.165, 1.54) is 49.0 Å². The second-order valence-corrected chi connectivity index (χ2v) is 25.8. The van der Waals surface area contributed by atoms with Gasteiger partial charge in [0.1, 0.15) is 11.1 Å². The average molecular weight is 1050 g/mol. The molecule has 2 amide bonds. The molecule has 4 fully saturated rings. The molecule has 0 spiro atoms. The monoisotopic (exact) mass is 1050 g/mol. The summed E-state index contributed by atoms with van der Waals surface area (Å²) in [6, 6.07) is 14.2. The molecule has 2 N–H and O–H groups in total. The number of alkyl halides is 6. The summed E-state index contributed by atoms with van der Waals surface area (Å²) in [6.45, 7) is 7.31. The first-order chi connectivity index (χ1) is 32.6. The Labute approximate surface area is 410 Å². The van der Waals surface area contributed by atoms with Crippen LogP contribution in [0.25, 0.3) is 22.3 Å². The molecule has 2 aromatic carbocycles. The molecule has 0 saturated heterocycles. The summed E-state index contributed by atoms with van der Waals surface area (Å²) >= 11 is 2.90. The molecule has 8 rings (SSSR count). The van der Waals surface area contributed by atoms with E-state index < -0.39 is 110 Å². The molecular formula is C48H50F6N4O8S4. The number of methoxy groups -OCH3 is 2. The number of thiophene rings is 2. The highest BCUT2D eigenvalue weighted by atomic mass is 32.2. The zero-order valence-electron chi connectivity index (χ0n) is 38.8. The van der Waals surface area contributed by atoms with Crippen molar-refractivity contribution in [3.8, 4) is 34.4 Å². The number of carbonyl (C=O) groups is 2. The van der Waals surface area contributed by atoms with E-state index in [1.807, 2.05) is 26.0 Å². The van der Waals surface area contributed by atoms with Gasteiger partial charge in [-0.1, -0.05) is 12.1 Å². The standard InChI is InChI=1S/2C24H25F3N2O4S2/c2*1-13-8-17(14(2)34-13)15-4-5-21(19(9-15)24(25,26)27)35(31,32)16-10-18(20(11-16)33-3)22(30)29-23(12-28)6-7-23/h2*4-5,8-9,16,18,20H,6-7,10-11H2,1-3H3,(H,29,30)/t2*16-,18-,20-/m10/s1. The van der Waals surface area contributed by atoms with E-state index in [-0.39, 0.29) is 25.7 Å². The Morgan fingerprint density at radius 3 is 1.21 bits per heavy atom. The third-order valence-corrected chi connectivity index (χ3v) is 20.0. The predicted molar refractivity (Wildman–Crippen MR) is 249 cm³/mol. The van der Waals surface area contributed by atoms with Gasteiger partial charge in [0, 0.05) is 33.7 Å². The maximum Gasteiger partial charge on any atom is 0.417 e. The van der Waals surface area contributed by atoms with Crippen LogP contribution in [0.4, 0.5) is 26.3 Å². The number of ether oxygens (including phenoxy) is 2. The zero-order valence-corrected chi connectivity index (χ0v) is 42.1. The van der Waals surface area contributed by atoms with E-state index in [1.54, 1.807) is 26.0 Å². The highest BCUT2D eigenvalue weighted by molar-refractivity contribution is 7.92. The van der Waals surface area contributed by atoms with Crippen LogP contribution in [0.15, 0.2) is 58.3 Å². The van der Waals surface area contributed by atoms with Crippen LogP contribution in [-0.4, -0.2) is 76.7 Å². The minimum absolute atomic E-state index is 0.113. The van der Waals surface area contributed by atoms with Crippen molar-refractivity contribution in [3.63, 3.8) is 0 Å². The molecule has 0 radical (unpaired) electrons. The first-order valence-corrected chi connectivity index (χ1v) is 26.9. The van der Waals surface area contributed by atoms with Gasteiger partial charge in [-0.05, 0) is 138 Å². The van der Waals surface area contributed by atoms with Gasteiger partial charge in [-0.15, -0.1) is 22.7 Å². The third kappa shape index (κ3) is 10.7. The van der Waals surface area contributed by atoms with Crippen molar-refractivity contribution in [1.82, 2.24) is 10.6 Å². The van der Waals surface area contributed by atoms with E-state index in [2.05, 4.69) is 10.6 Å². The van der Waals surface area contributed by atoms with Crippen molar-refractivity contribution in [2.24, 2.45) is 11.8 Å². The zero-order chi connectivity index (χ0) is 51.5. The first-order valence-electron chi connectivity index (χ1n) is 22.2. The Bertz CT molecular complexity index is 2820. The normalized spacial score (nSPS) is 23.6. The van der Waals surface area contributed by atoms with Gasteiger partial charge in [0.25, 0.3) is 0 Å². The Morgan fingerprint density at radius 2 is 0.957 bits per heavy atom. The molecule has 0 aliphatic heterocycles. The summed E-state index contributed by atoms with van der Waals surface area (Å²) in [6.07, 6.45) is -9.92. The number of nitriles is 2. The number of carbonyl (C=O) groups excluding carboxylic acids is 2. The maximum atomic E-state index is 14.1. The van der Waals surface area contributed by atoms with Gasteiger partial charge in [0.2, 0.25) is 11.8 Å². The van der Waals surface area contributed by atoms with Gasteiger partial charge < -0.3 is 20.1 Å². The number of hydrogen-bond donors (Lipinski definition) is 2. The van der Waals surface area contributed by atoms with Gasteiger partial charge in [-0.2, -0.15) is 36.9 Å². The van der Waals surface area contributed by atoms with E-state index in [9.17, 15) is 63.3 Å². The molecular weight excluding hydrogens is 1000 g/mol. The van der Waals surface area contributed by atoms with Crippen molar-refractivity contribution in [2.75, 3.05) is 14.2 Å². The van der Waals surface area contributed by atoms with Crippen LogP contribution in [0.1, 0.15) is 82.0 Å². The number of halogens is 6. The number of nitrogens with zero attached hydrogens (tertiary/aromatic N) is 2. The van der Waals surface area contributed by atoms with Gasteiger partial charge in [0.15, 0.2) is 19.7 Å². The lowest BCUT2D eigenvalue weighted by atomic mass is 10.0. The fourth-order valence-electron chi connectivity index (χ4n) is 9.45. The number of amides is 2. The summed E-state index contributed by atoms with van der Waals surface area (Å²) in [7, 11) is -6.22. The predicted octanol–water partition coefficient (Wildman–Crippen LogP) is 9.58. The minimum atomic E-state index is -4.89. The summed E-state index contributed by atoms with van der Waals surface area (Å²) in [5.41, 5.74) is -2.47. The Morgan fingerprint density at radius 1 is 0.614 bits per heavy atom. The Hall–Kier alpha value is -4.84. The molecule has 4 saturated carbocycles. The van der Waals surface area contributed by atoms with Crippen LogP contribution < -0.4 is 10.6 Å². The fraction of sp³-hybridized carbons (Fsp3) is 0.500. The lowest BCUT2D eigenvalue weighted by molar-refractivity contribution is -0.140. The SMILES string of the molecule is CO[C@@H]1C[C@H](S(=O)(=O)c2ccc(-c3cc(C)sc3C)cc2C(F)(F)F)C[C@H]1C(=O)NC1(C#N)CC1.CO[C@H]1C[C@@H](S(=O)(=O)c2ccc(-c3cc(C)sc3C)cc2C(F)(F)F)C[C@@H]1C(=O)NC1(C#N)CC1. The molecule has 70 heavy (non-hydrogen) atoms. The molecule has 376 valence electrons. The lowest BCUT2D eigenvalue weighted by Crippen LogP contribution is -2.42. The third-order valence-electron chi connectivity index (χ3n) is 13.6. The van der Waals surface area contributed by atoms with Crippen molar-refractivity contribution < 1.29 is 62.2 Å². The summed E-state index contributed by atoms with van der Waals surface area (Å²) in [5.74, 6) is -2.78. The second kappa shape index (κ2) is 19.3. The number of nitrogens with one attached hydrogen (secondary N) is 2. The van der Waals surface area contributed by atoms with E-state index >= 15 is 0 Å². The molecule has 22 heteroatoms. The molecule has 2 heterocycles. The molecule has 0 unspecified atom stereocenters. The summed E-state index contributed by atoms with van der Waals surface area (Å²) in [4.78, 5) is 27.5. The second-order valence-electron chi connectivity index (χ2n) is 18.5. The van der Waals surface area contributed by atoms with Gasteiger partial charge >= 0.3 is 12.4 Å². The number of benzene rings is 2. The van der Waals surface area contributed by atoms with Crippen molar-refractivity contribution in [1.29, 1.82) is 10.5 Å². The largest absolute Gasteiger partial charge is 0.417 e. The van der Waals surface area contributed by atoms with E-state index in [0.29, 0.717) is 47.9 Å². The summed E-state index contributed by atoms with van der Waals surface area (Å²) in [5, 5.41) is 21.3. The molecule has 4 aliphatic carbocycles. The molecule has 0 bridgehead atoms. The van der Waals surface area contributed by atoms with Crippen molar-refractivity contribution >= 4 is 54.2 Å². The molecule has 12 nitrogen and oxygen atoms in total. The van der Waals surface area contributed by atoms with Crippen LogP contribution in [0.2, 0.25) is 0 Å². The van der Waals surface area contributed by atoms with E-state index in [0.717, 1.165) is 43.8 Å². The molecule has 2 aromatic heterocycles. The highest BCUT2D eigenvalue weighted by Gasteiger charge is 2.53. The first kappa shape index (κ1) is 53.0.